The van der Waals surface area contributed by atoms with E-state index in [-0.39, 0.29) is 6.10 Å². The van der Waals surface area contributed by atoms with Crippen molar-refractivity contribution in [1.29, 1.82) is 0 Å². The number of ether oxygens (including phenoxy) is 1. The minimum absolute atomic E-state index is 0.0922. The third kappa shape index (κ3) is 3.22. The van der Waals surface area contributed by atoms with E-state index in [0.717, 1.165) is 18.8 Å². The number of hydrogen-bond donors (Lipinski definition) is 1. The van der Waals surface area contributed by atoms with E-state index in [1.807, 2.05) is 6.07 Å². The van der Waals surface area contributed by atoms with Crippen molar-refractivity contribution in [2.24, 2.45) is 0 Å². The summed E-state index contributed by atoms with van der Waals surface area (Å²) in [5.41, 5.74) is 0.973. The molecular weight excluding hydrogens is 254 g/mol. The smallest absolute Gasteiger partial charge is 0.0964 e. The zero-order chi connectivity index (χ0) is 13.9. The average molecular weight is 279 g/mol. The lowest BCUT2D eigenvalue weighted by Crippen LogP contribution is -2.46. The van der Waals surface area contributed by atoms with Crippen molar-refractivity contribution in [3.63, 3.8) is 0 Å². The Morgan fingerprint density at radius 2 is 2.25 bits per heavy atom. The Morgan fingerprint density at radius 1 is 1.45 bits per heavy atom. The third-order valence-corrected chi connectivity index (χ3v) is 4.51. The fraction of sp³-hybridized carbons (Fsp3) is 0.800. The highest BCUT2D eigenvalue weighted by Crippen LogP contribution is 2.28. The standard InChI is InChI=1S/C15H25N3O2/c1-17-8-9-20-15(11-17)14(19)10-12-6-7-18(16-12)13-4-2-3-5-13/h6-7,13-15,19H,2-5,8-11H2,1H3. The summed E-state index contributed by atoms with van der Waals surface area (Å²) < 4.78 is 7.75. The van der Waals surface area contributed by atoms with Crippen LogP contribution >= 0.6 is 0 Å². The number of rotatable bonds is 4. The lowest BCUT2D eigenvalue weighted by atomic mass is 10.1. The van der Waals surface area contributed by atoms with Crippen LogP contribution in [0.5, 0.6) is 0 Å². The first-order valence-electron chi connectivity index (χ1n) is 7.74. The SMILES string of the molecule is CN1CCOC(C(O)Cc2ccn(C3CCCC3)n2)C1. The van der Waals surface area contributed by atoms with Crippen molar-refractivity contribution in [2.45, 2.75) is 50.4 Å². The second-order valence-corrected chi connectivity index (χ2v) is 6.17. The van der Waals surface area contributed by atoms with Crippen LogP contribution < -0.4 is 0 Å². The first-order chi connectivity index (χ1) is 9.72. The third-order valence-electron chi connectivity index (χ3n) is 4.51. The van der Waals surface area contributed by atoms with Crippen LogP contribution in [0.15, 0.2) is 12.3 Å². The highest BCUT2D eigenvalue weighted by atomic mass is 16.5. The first kappa shape index (κ1) is 14.0. The number of hydrogen-bond acceptors (Lipinski definition) is 4. The van der Waals surface area contributed by atoms with Gasteiger partial charge in [0.25, 0.3) is 0 Å². The predicted molar refractivity (Wildman–Crippen MR) is 76.7 cm³/mol. The topological polar surface area (TPSA) is 50.5 Å². The molecule has 2 heterocycles. The van der Waals surface area contributed by atoms with Gasteiger partial charge in [0.1, 0.15) is 0 Å². The summed E-state index contributed by atoms with van der Waals surface area (Å²) in [6.07, 6.45) is 7.18. The highest BCUT2D eigenvalue weighted by molar-refractivity contribution is 5.03. The van der Waals surface area contributed by atoms with Gasteiger partial charge < -0.3 is 14.7 Å². The van der Waals surface area contributed by atoms with Crippen molar-refractivity contribution in [1.82, 2.24) is 14.7 Å². The maximum atomic E-state index is 10.3. The summed E-state index contributed by atoms with van der Waals surface area (Å²) in [6, 6.07) is 2.60. The van der Waals surface area contributed by atoms with Gasteiger partial charge >= 0.3 is 0 Å². The molecule has 5 nitrogen and oxygen atoms in total. The zero-order valence-corrected chi connectivity index (χ0v) is 12.2. The van der Waals surface area contributed by atoms with Crippen LogP contribution in [0.1, 0.15) is 37.4 Å². The van der Waals surface area contributed by atoms with Gasteiger partial charge in [-0.15, -0.1) is 0 Å². The quantitative estimate of drug-likeness (QED) is 0.901. The molecule has 2 fully saturated rings. The molecule has 112 valence electrons. The minimum atomic E-state index is -0.468. The zero-order valence-electron chi connectivity index (χ0n) is 12.2. The molecule has 1 aliphatic heterocycles. The molecule has 0 bridgehead atoms. The van der Waals surface area contributed by atoms with Crippen LogP contribution in [-0.4, -0.2) is 58.7 Å². The number of aromatic nitrogens is 2. The van der Waals surface area contributed by atoms with Gasteiger partial charge in [0.05, 0.1) is 30.6 Å². The van der Waals surface area contributed by atoms with Crippen LogP contribution in [0.2, 0.25) is 0 Å². The Morgan fingerprint density at radius 3 is 3.00 bits per heavy atom. The summed E-state index contributed by atoms with van der Waals surface area (Å²) in [5, 5.41) is 15.0. The van der Waals surface area contributed by atoms with E-state index >= 15 is 0 Å². The van der Waals surface area contributed by atoms with Crippen LogP contribution in [0, 0.1) is 0 Å². The van der Waals surface area contributed by atoms with Crippen LogP contribution in [0.4, 0.5) is 0 Å². The molecule has 1 aromatic rings. The van der Waals surface area contributed by atoms with Gasteiger partial charge in [-0.1, -0.05) is 12.8 Å². The molecular formula is C15H25N3O2. The van der Waals surface area contributed by atoms with E-state index in [9.17, 15) is 5.11 Å². The molecule has 5 heteroatoms. The van der Waals surface area contributed by atoms with Crippen LogP contribution in [-0.2, 0) is 11.2 Å². The van der Waals surface area contributed by atoms with Gasteiger partial charge in [-0.25, -0.2) is 0 Å². The Labute approximate surface area is 120 Å². The molecule has 2 aliphatic rings. The van der Waals surface area contributed by atoms with Gasteiger partial charge in [-0.3, -0.25) is 4.68 Å². The molecule has 0 radical (unpaired) electrons. The van der Waals surface area contributed by atoms with E-state index in [1.54, 1.807) is 0 Å². The molecule has 0 amide bonds. The second-order valence-electron chi connectivity index (χ2n) is 6.17. The maximum absolute atomic E-state index is 10.3. The molecule has 2 unspecified atom stereocenters. The molecule has 1 aromatic heterocycles. The number of nitrogens with zero attached hydrogens (tertiary/aromatic N) is 3. The largest absolute Gasteiger partial charge is 0.390 e. The molecule has 20 heavy (non-hydrogen) atoms. The highest BCUT2D eigenvalue weighted by Gasteiger charge is 2.26. The Hall–Kier alpha value is -0.910. The van der Waals surface area contributed by atoms with Crippen molar-refractivity contribution >= 4 is 0 Å². The molecule has 3 rings (SSSR count). The number of aliphatic hydroxyl groups excluding tert-OH is 1. The van der Waals surface area contributed by atoms with E-state index in [4.69, 9.17) is 4.74 Å². The first-order valence-corrected chi connectivity index (χ1v) is 7.74. The molecule has 1 N–H and O–H groups in total. The fourth-order valence-electron chi connectivity index (χ4n) is 3.25. The lowest BCUT2D eigenvalue weighted by Gasteiger charge is -2.32. The summed E-state index contributed by atoms with van der Waals surface area (Å²) in [6.45, 7) is 2.44. The van der Waals surface area contributed by atoms with Gasteiger partial charge in [0.15, 0.2) is 0 Å². The van der Waals surface area contributed by atoms with E-state index < -0.39 is 6.10 Å². The number of morpholine rings is 1. The fourth-order valence-corrected chi connectivity index (χ4v) is 3.25. The molecule has 1 aliphatic carbocycles. The van der Waals surface area contributed by atoms with Crippen molar-refractivity contribution in [3.05, 3.63) is 18.0 Å². The van der Waals surface area contributed by atoms with Crippen molar-refractivity contribution < 1.29 is 9.84 Å². The van der Waals surface area contributed by atoms with Gasteiger partial charge in [0, 0.05) is 25.7 Å². The molecule has 0 aromatic carbocycles. The summed E-state index contributed by atoms with van der Waals surface area (Å²) >= 11 is 0. The average Bonchev–Trinajstić information content (AvgIpc) is 3.08. The van der Waals surface area contributed by atoms with Crippen molar-refractivity contribution in [2.75, 3.05) is 26.7 Å². The molecule has 1 saturated carbocycles. The molecule has 0 spiro atoms. The molecule has 2 atom stereocenters. The summed E-state index contributed by atoms with van der Waals surface area (Å²) in [4.78, 5) is 2.20. The Balaban J connectivity index is 1.56. The Bertz CT molecular complexity index is 429. The van der Waals surface area contributed by atoms with Gasteiger partial charge in [-0.2, -0.15) is 5.10 Å². The molecule has 1 saturated heterocycles. The number of likely N-dealkylation sites (N-methyl/N-ethyl adjacent to an activating group) is 1. The monoisotopic (exact) mass is 279 g/mol. The minimum Gasteiger partial charge on any atom is -0.390 e. The van der Waals surface area contributed by atoms with E-state index in [0.29, 0.717) is 19.1 Å². The normalized spacial score (nSPS) is 27.0. The maximum Gasteiger partial charge on any atom is 0.0964 e. The predicted octanol–water partition coefficient (Wildman–Crippen LogP) is 1.23. The second kappa shape index (κ2) is 6.24. The van der Waals surface area contributed by atoms with Gasteiger partial charge in [-0.05, 0) is 26.0 Å². The lowest BCUT2D eigenvalue weighted by molar-refractivity contribution is -0.0826. The van der Waals surface area contributed by atoms with Crippen molar-refractivity contribution in [3.8, 4) is 0 Å². The van der Waals surface area contributed by atoms with E-state index in [2.05, 4.69) is 27.9 Å². The summed E-state index contributed by atoms with van der Waals surface area (Å²) in [5.74, 6) is 0. The van der Waals surface area contributed by atoms with Crippen LogP contribution in [0.25, 0.3) is 0 Å². The van der Waals surface area contributed by atoms with E-state index in [1.165, 1.54) is 25.7 Å². The number of aliphatic hydroxyl groups is 1. The summed E-state index contributed by atoms with van der Waals surface area (Å²) in [7, 11) is 2.07. The van der Waals surface area contributed by atoms with Gasteiger partial charge in [0.2, 0.25) is 0 Å². The van der Waals surface area contributed by atoms with Crippen LogP contribution in [0.3, 0.4) is 0 Å². The Kier molecular flexibility index (Phi) is 4.38.